The number of nitrogens with zero attached hydrogens (tertiary/aromatic N) is 1. The Morgan fingerprint density at radius 1 is 1.19 bits per heavy atom. The van der Waals surface area contributed by atoms with Gasteiger partial charge >= 0.3 is 0 Å². The van der Waals surface area contributed by atoms with Gasteiger partial charge in [0.25, 0.3) is 15.7 Å². The molecular formula is C13H11ClN2O4S. The number of aryl methyl sites for hydroxylation is 1. The SMILES string of the molecule is Cc1cc(NS(=O)(=O)c2ccccc2[N+](=O)[O-])ccc1Cl. The predicted octanol–water partition coefficient (Wildman–Crippen LogP) is 3.36. The Hall–Kier alpha value is -2.12. The molecule has 2 aromatic rings. The lowest BCUT2D eigenvalue weighted by Gasteiger charge is -2.09. The summed E-state index contributed by atoms with van der Waals surface area (Å²) in [7, 11) is -4.05. The number of sulfonamides is 1. The first-order valence-corrected chi connectivity index (χ1v) is 7.70. The molecule has 0 unspecified atom stereocenters. The van der Waals surface area contributed by atoms with E-state index >= 15 is 0 Å². The first-order valence-electron chi connectivity index (χ1n) is 5.83. The minimum Gasteiger partial charge on any atom is -0.279 e. The van der Waals surface area contributed by atoms with E-state index in [9.17, 15) is 18.5 Å². The van der Waals surface area contributed by atoms with Gasteiger partial charge in [-0.1, -0.05) is 23.7 Å². The summed E-state index contributed by atoms with van der Waals surface area (Å²) in [6.07, 6.45) is 0. The van der Waals surface area contributed by atoms with Gasteiger partial charge in [-0.2, -0.15) is 0 Å². The van der Waals surface area contributed by atoms with Crippen LogP contribution < -0.4 is 4.72 Å². The molecule has 0 heterocycles. The van der Waals surface area contributed by atoms with E-state index in [0.717, 1.165) is 6.07 Å². The number of nitrogens with one attached hydrogen (secondary N) is 1. The molecule has 2 aromatic carbocycles. The normalized spacial score (nSPS) is 11.1. The second kappa shape index (κ2) is 5.71. The van der Waals surface area contributed by atoms with E-state index in [1.54, 1.807) is 19.1 Å². The lowest BCUT2D eigenvalue weighted by molar-refractivity contribution is -0.387. The standard InChI is InChI=1S/C13H11ClN2O4S/c1-9-8-10(6-7-11(9)14)15-21(19,20)13-5-3-2-4-12(13)16(17)18/h2-8,15H,1H3. The maximum atomic E-state index is 12.3. The molecule has 0 spiro atoms. The summed E-state index contributed by atoms with van der Waals surface area (Å²) in [6, 6.07) is 9.74. The molecule has 0 aliphatic rings. The molecule has 21 heavy (non-hydrogen) atoms. The van der Waals surface area contributed by atoms with Crippen LogP contribution in [0.15, 0.2) is 47.4 Å². The zero-order chi connectivity index (χ0) is 15.6. The molecule has 1 N–H and O–H groups in total. The number of para-hydroxylation sites is 1. The topological polar surface area (TPSA) is 89.3 Å². The summed E-state index contributed by atoms with van der Waals surface area (Å²) in [5.74, 6) is 0. The van der Waals surface area contributed by atoms with Gasteiger partial charge in [-0.05, 0) is 36.8 Å². The second-order valence-corrected chi connectivity index (χ2v) is 6.35. The van der Waals surface area contributed by atoms with Crippen LogP contribution in [0.1, 0.15) is 5.56 Å². The van der Waals surface area contributed by atoms with Crippen LogP contribution in [0.2, 0.25) is 5.02 Å². The Bertz CT molecular complexity index is 806. The third-order valence-corrected chi connectivity index (χ3v) is 4.61. The summed E-state index contributed by atoms with van der Waals surface area (Å²) < 4.78 is 26.9. The Kier molecular flexibility index (Phi) is 4.15. The highest BCUT2D eigenvalue weighted by molar-refractivity contribution is 7.92. The van der Waals surface area contributed by atoms with Crippen LogP contribution in [0.25, 0.3) is 0 Å². The molecular weight excluding hydrogens is 316 g/mol. The van der Waals surface area contributed by atoms with Crippen molar-refractivity contribution in [2.24, 2.45) is 0 Å². The highest BCUT2D eigenvalue weighted by atomic mass is 35.5. The zero-order valence-corrected chi connectivity index (χ0v) is 12.5. The molecule has 8 heteroatoms. The number of benzene rings is 2. The molecule has 0 saturated carbocycles. The van der Waals surface area contributed by atoms with Crippen LogP contribution >= 0.6 is 11.6 Å². The van der Waals surface area contributed by atoms with Gasteiger partial charge in [0, 0.05) is 16.8 Å². The van der Waals surface area contributed by atoms with Crippen molar-refractivity contribution in [3.8, 4) is 0 Å². The van der Waals surface area contributed by atoms with Crippen molar-refractivity contribution < 1.29 is 13.3 Å². The Balaban J connectivity index is 2.43. The molecule has 110 valence electrons. The van der Waals surface area contributed by atoms with Crippen molar-refractivity contribution in [3.05, 3.63) is 63.2 Å². The first kappa shape index (κ1) is 15.3. The van der Waals surface area contributed by atoms with Gasteiger partial charge in [-0.3, -0.25) is 14.8 Å². The summed E-state index contributed by atoms with van der Waals surface area (Å²) in [5, 5.41) is 11.4. The van der Waals surface area contributed by atoms with Crippen molar-refractivity contribution in [1.82, 2.24) is 0 Å². The number of halogens is 1. The van der Waals surface area contributed by atoms with Gasteiger partial charge < -0.3 is 0 Å². The Labute approximate surface area is 126 Å². The lowest BCUT2D eigenvalue weighted by Crippen LogP contribution is -2.14. The van der Waals surface area contributed by atoms with Crippen LogP contribution in [0.4, 0.5) is 11.4 Å². The van der Waals surface area contributed by atoms with E-state index in [4.69, 9.17) is 11.6 Å². The highest BCUT2D eigenvalue weighted by Crippen LogP contribution is 2.26. The lowest BCUT2D eigenvalue weighted by atomic mass is 10.2. The second-order valence-electron chi connectivity index (χ2n) is 4.29. The molecule has 0 aromatic heterocycles. The zero-order valence-electron chi connectivity index (χ0n) is 10.9. The van der Waals surface area contributed by atoms with Gasteiger partial charge in [-0.15, -0.1) is 0 Å². The highest BCUT2D eigenvalue weighted by Gasteiger charge is 2.25. The van der Waals surface area contributed by atoms with E-state index in [0.29, 0.717) is 10.6 Å². The summed E-state index contributed by atoms with van der Waals surface area (Å²) in [6.45, 7) is 1.73. The molecule has 0 aliphatic heterocycles. The fraction of sp³-hybridized carbons (Fsp3) is 0.0769. The van der Waals surface area contributed by atoms with Crippen molar-refractivity contribution in [3.63, 3.8) is 0 Å². The van der Waals surface area contributed by atoms with E-state index in [1.165, 1.54) is 24.3 Å². The Morgan fingerprint density at radius 3 is 2.48 bits per heavy atom. The molecule has 0 fully saturated rings. The van der Waals surface area contributed by atoms with E-state index in [1.807, 2.05) is 0 Å². The molecule has 0 bridgehead atoms. The monoisotopic (exact) mass is 326 g/mol. The number of hydrogen-bond acceptors (Lipinski definition) is 4. The van der Waals surface area contributed by atoms with Crippen LogP contribution in [0.3, 0.4) is 0 Å². The number of nitro groups is 1. The molecule has 0 atom stereocenters. The molecule has 0 aliphatic carbocycles. The van der Waals surface area contributed by atoms with Crippen molar-refractivity contribution in [2.75, 3.05) is 4.72 Å². The number of nitro benzene ring substituents is 1. The fourth-order valence-corrected chi connectivity index (χ4v) is 3.09. The molecule has 0 amide bonds. The largest absolute Gasteiger partial charge is 0.289 e. The van der Waals surface area contributed by atoms with Crippen molar-refractivity contribution >= 4 is 33.0 Å². The number of hydrogen-bond donors (Lipinski definition) is 1. The fourth-order valence-electron chi connectivity index (χ4n) is 1.75. The third-order valence-electron chi connectivity index (χ3n) is 2.76. The third kappa shape index (κ3) is 3.32. The van der Waals surface area contributed by atoms with Crippen LogP contribution in [0, 0.1) is 17.0 Å². The van der Waals surface area contributed by atoms with Crippen molar-refractivity contribution in [1.29, 1.82) is 0 Å². The number of anilines is 1. The minimum absolute atomic E-state index is 0.287. The van der Waals surface area contributed by atoms with Crippen LogP contribution in [0.5, 0.6) is 0 Å². The molecule has 2 rings (SSSR count). The van der Waals surface area contributed by atoms with Gasteiger partial charge in [0.1, 0.15) is 0 Å². The molecule has 0 saturated heterocycles. The van der Waals surface area contributed by atoms with E-state index in [2.05, 4.69) is 4.72 Å². The maximum absolute atomic E-state index is 12.3. The van der Waals surface area contributed by atoms with Gasteiger partial charge in [0.2, 0.25) is 0 Å². The summed E-state index contributed by atoms with van der Waals surface area (Å²) in [4.78, 5) is 9.79. The quantitative estimate of drug-likeness (QED) is 0.689. The Morgan fingerprint density at radius 2 is 1.86 bits per heavy atom. The first-order chi connectivity index (χ1) is 9.81. The van der Waals surface area contributed by atoms with Crippen LogP contribution in [-0.2, 0) is 10.0 Å². The molecule has 6 nitrogen and oxygen atoms in total. The smallest absolute Gasteiger partial charge is 0.279 e. The predicted molar refractivity (Wildman–Crippen MR) is 80.1 cm³/mol. The van der Waals surface area contributed by atoms with Crippen LogP contribution in [-0.4, -0.2) is 13.3 Å². The summed E-state index contributed by atoms with van der Waals surface area (Å²) in [5.41, 5.74) is 0.505. The van der Waals surface area contributed by atoms with Crippen molar-refractivity contribution in [2.45, 2.75) is 11.8 Å². The maximum Gasteiger partial charge on any atom is 0.289 e. The molecule has 0 radical (unpaired) electrons. The van der Waals surface area contributed by atoms with Gasteiger partial charge in [0.15, 0.2) is 4.90 Å². The van der Waals surface area contributed by atoms with E-state index in [-0.39, 0.29) is 10.6 Å². The van der Waals surface area contributed by atoms with E-state index < -0.39 is 20.6 Å². The average Bonchev–Trinajstić information content (AvgIpc) is 2.42. The average molecular weight is 327 g/mol. The minimum atomic E-state index is -4.05. The summed E-state index contributed by atoms with van der Waals surface area (Å²) >= 11 is 5.87. The van der Waals surface area contributed by atoms with Gasteiger partial charge in [0.05, 0.1) is 4.92 Å². The number of rotatable bonds is 4. The van der Waals surface area contributed by atoms with Gasteiger partial charge in [-0.25, -0.2) is 8.42 Å².